The molecule has 1 rings (SSSR count). The summed E-state index contributed by atoms with van der Waals surface area (Å²) >= 11 is 0. The standard InChI is InChI=1S/C10H18N2O2/c1-3-10(4-5-10)7(2)9(14)12-6-8(11)13/h7H,3-6H2,1-2H3,(H2,11,13)(H,12,14)/t7-/m1/s1. The molecule has 0 aliphatic heterocycles. The first kappa shape index (κ1) is 11.0. The lowest BCUT2D eigenvalue weighted by atomic mass is 9.87. The normalized spacial score (nSPS) is 19.9. The Balaban J connectivity index is 2.41. The van der Waals surface area contributed by atoms with Crippen LogP contribution in [0.25, 0.3) is 0 Å². The SMILES string of the molecule is CCC1([C@H](C)C(=O)NCC(N)=O)CC1. The van der Waals surface area contributed by atoms with E-state index in [2.05, 4.69) is 12.2 Å². The van der Waals surface area contributed by atoms with Crippen molar-refractivity contribution >= 4 is 11.8 Å². The molecule has 0 aromatic heterocycles. The molecular formula is C10H18N2O2. The van der Waals surface area contributed by atoms with Crippen LogP contribution in [0.1, 0.15) is 33.1 Å². The van der Waals surface area contributed by atoms with Crippen LogP contribution in [0.3, 0.4) is 0 Å². The molecule has 1 atom stereocenters. The van der Waals surface area contributed by atoms with E-state index in [9.17, 15) is 9.59 Å². The van der Waals surface area contributed by atoms with Gasteiger partial charge in [-0.1, -0.05) is 13.8 Å². The van der Waals surface area contributed by atoms with Crippen LogP contribution >= 0.6 is 0 Å². The number of carbonyl (C=O) groups is 2. The van der Waals surface area contributed by atoms with E-state index in [0.717, 1.165) is 19.3 Å². The van der Waals surface area contributed by atoms with E-state index in [1.807, 2.05) is 6.92 Å². The molecule has 0 saturated heterocycles. The molecule has 4 heteroatoms. The Morgan fingerprint density at radius 1 is 1.50 bits per heavy atom. The summed E-state index contributed by atoms with van der Waals surface area (Å²) in [7, 11) is 0. The van der Waals surface area contributed by atoms with Crippen LogP contribution in [0.5, 0.6) is 0 Å². The summed E-state index contributed by atoms with van der Waals surface area (Å²) in [5.74, 6) is -0.554. The minimum atomic E-state index is -0.494. The van der Waals surface area contributed by atoms with Gasteiger partial charge in [0.15, 0.2) is 0 Å². The van der Waals surface area contributed by atoms with Gasteiger partial charge in [0.25, 0.3) is 0 Å². The number of nitrogens with two attached hydrogens (primary N) is 1. The molecule has 1 aliphatic carbocycles. The maximum Gasteiger partial charge on any atom is 0.236 e. The largest absolute Gasteiger partial charge is 0.368 e. The van der Waals surface area contributed by atoms with Gasteiger partial charge in [0.2, 0.25) is 11.8 Å². The molecule has 3 N–H and O–H groups in total. The fourth-order valence-corrected chi connectivity index (χ4v) is 1.86. The Morgan fingerprint density at radius 3 is 2.43 bits per heavy atom. The van der Waals surface area contributed by atoms with E-state index < -0.39 is 5.91 Å². The zero-order valence-corrected chi connectivity index (χ0v) is 8.80. The molecule has 0 bridgehead atoms. The molecule has 2 amide bonds. The zero-order valence-electron chi connectivity index (χ0n) is 8.80. The zero-order chi connectivity index (χ0) is 10.8. The molecule has 1 aliphatic rings. The third-order valence-electron chi connectivity index (χ3n) is 3.35. The highest BCUT2D eigenvalue weighted by molar-refractivity contribution is 5.85. The van der Waals surface area contributed by atoms with E-state index in [1.165, 1.54) is 0 Å². The highest BCUT2D eigenvalue weighted by atomic mass is 16.2. The Bertz CT molecular complexity index is 247. The lowest BCUT2D eigenvalue weighted by Gasteiger charge is -2.20. The molecule has 4 nitrogen and oxygen atoms in total. The topological polar surface area (TPSA) is 72.2 Å². The Hall–Kier alpha value is -1.06. The molecule has 0 aromatic rings. The average molecular weight is 198 g/mol. The molecule has 0 unspecified atom stereocenters. The average Bonchev–Trinajstić information content (AvgIpc) is 2.93. The maximum atomic E-state index is 11.6. The Kier molecular flexibility index (Phi) is 3.13. The fraction of sp³-hybridized carbons (Fsp3) is 0.800. The van der Waals surface area contributed by atoms with Crippen LogP contribution in [0.15, 0.2) is 0 Å². The van der Waals surface area contributed by atoms with Crippen LogP contribution in [0.4, 0.5) is 0 Å². The second-order valence-corrected chi connectivity index (χ2v) is 4.12. The van der Waals surface area contributed by atoms with Gasteiger partial charge in [-0.3, -0.25) is 9.59 Å². The molecule has 1 fully saturated rings. The lowest BCUT2D eigenvalue weighted by molar-refractivity contribution is -0.129. The van der Waals surface area contributed by atoms with Crippen molar-refractivity contribution < 1.29 is 9.59 Å². The molecular weight excluding hydrogens is 180 g/mol. The van der Waals surface area contributed by atoms with Gasteiger partial charge in [-0.25, -0.2) is 0 Å². The van der Waals surface area contributed by atoms with Crippen molar-refractivity contribution in [1.82, 2.24) is 5.32 Å². The molecule has 0 heterocycles. The molecule has 0 spiro atoms. The quantitative estimate of drug-likeness (QED) is 0.671. The Morgan fingerprint density at radius 2 is 2.07 bits per heavy atom. The van der Waals surface area contributed by atoms with E-state index in [0.29, 0.717) is 0 Å². The third kappa shape index (κ3) is 2.25. The molecule has 80 valence electrons. The summed E-state index contributed by atoms with van der Waals surface area (Å²) in [6, 6.07) is 0. The predicted octanol–water partition coefficient (Wildman–Crippen LogP) is 0.414. The van der Waals surface area contributed by atoms with Crippen LogP contribution in [-0.2, 0) is 9.59 Å². The van der Waals surface area contributed by atoms with Crippen LogP contribution in [0, 0.1) is 11.3 Å². The summed E-state index contributed by atoms with van der Waals surface area (Å²) in [6.45, 7) is 3.97. The van der Waals surface area contributed by atoms with Gasteiger partial charge in [-0.05, 0) is 24.7 Å². The summed E-state index contributed by atoms with van der Waals surface area (Å²) in [5, 5.41) is 2.55. The number of nitrogens with one attached hydrogen (secondary N) is 1. The third-order valence-corrected chi connectivity index (χ3v) is 3.35. The van der Waals surface area contributed by atoms with E-state index in [-0.39, 0.29) is 23.8 Å². The summed E-state index contributed by atoms with van der Waals surface area (Å²) < 4.78 is 0. The van der Waals surface area contributed by atoms with E-state index in [1.54, 1.807) is 0 Å². The number of hydrogen-bond acceptors (Lipinski definition) is 2. The number of amides is 2. The first-order valence-corrected chi connectivity index (χ1v) is 5.08. The maximum absolute atomic E-state index is 11.6. The van der Waals surface area contributed by atoms with E-state index >= 15 is 0 Å². The van der Waals surface area contributed by atoms with Crippen molar-refractivity contribution in [1.29, 1.82) is 0 Å². The van der Waals surface area contributed by atoms with Crippen molar-refractivity contribution in [2.75, 3.05) is 6.54 Å². The fourth-order valence-electron chi connectivity index (χ4n) is 1.86. The van der Waals surface area contributed by atoms with Gasteiger partial charge in [0, 0.05) is 5.92 Å². The first-order chi connectivity index (χ1) is 6.52. The smallest absolute Gasteiger partial charge is 0.236 e. The molecule has 14 heavy (non-hydrogen) atoms. The van der Waals surface area contributed by atoms with Crippen molar-refractivity contribution in [3.8, 4) is 0 Å². The minimum Gasteiger partial charge on any atom is -0.368 e. The number of hydrogen-bond donors (Lipinski definition) is 2. The predicted molar refractivity (Wildman–Crippen MR) is 53.3 cm³/mol. The molecule has 0 radical (unpaired) electrons. The second-order valence-electron chi connectivity index (χ2n) is 4.12. The summed E-state index contributed by atoms with van der Waals surface area (Å²) in [6.07, 6.45) is 3.27. The van der Waals surface area contributed by atoms with Gasteiger partial charge in [-0.2, -0.15) is 0 Å². The van der Waals surface area contributed by atoms with Crippen molar-refractivity contribution in [3.63, 3.8) is 0 Å². The van der Waals surface area contributed by atoms with E-state index in [4.69, 9.17) is 5.73 Å². The number of carbonyl (C=O) groups excluding carboxylic acids is 2. The van der Waals surface area contributed by atoms with Crippen LogP contribution < -0.4 is 11.1 Å². The minimum absolute atomic E-state index is 0.00755. The van der Waals surface area contributed by atoms with Crippen molar-refractivity contribution in [2.24, 2.45) is 17.1 Å². The monoisotopic (exact) mass is 198 g/mol. The lowest BCUT2D eigenvalue weighted by Crippen LogP contribution is -2.39. The number of rotatable bonds is 5. The highest BCUT2D eigenvalue weighted by Gasteiger charge is 2.48. The summed E-state index contributed by atoms with van der Waals surface area (Å²) in [4.78, 5) is 22.0. The summed E-state index contributed by atoms with van der Waals surface area (Å²) in [5.41, 5.74) is 5.14. The highest BCUT2D eigenvalue weighted by Crippen LogP contribution is 2.54. The van der Waals surface area contributed by atoms with Crippen molar-refractivity contribution in [3.05, 3.63) is 0 Å². The van der Waals surface area contributed by atoms with Gasteiger partial charge >= 0.3 is 0 Å². The van der Waals surface area contributed by atoms with Crippen LogP contribution in [0.2, 0.25) is 0 Å². The second kappa shape index (κ2) is 3.98. The molecule has 1 saturated carbocycles. The van der Waals surface area contributed by atoms with Gasteiger partial charge in [-0.15, -0.1) is 0 Å². The van der Waals surface area contributed by atoms with Gasteiger partial charge < -0.3 is 11.1 Å². The number of primary amides is 1. The van der Waals surface area contributed by atoms with Gasteiger partial charge in [0.1, 0.15) is 0 Å². The van der Waals surface area contributed by atoms with Gasteiger partial charge in [0.05, 0.1) is 6.54 Å². The Labute approximate surface area is 84.2 Å². The molecule has 0 aromatic carbocycles. The van der Waals surface area contributed by atoms with Crippen molar-refractivity contribution in [2.45, 2.75) is 33.1 Å². The van der Waals surface area contributed by atoms with Crippen LogP contribution in [-0.4, -0.2) is 18.4 Å². The first-order valence-electron chi connectivity index (χ1n) is 5.08.